The van der Waals surface area contributed by atoms with Crippen LogP contribution in [0.3, 0.4) is 0 Å². The Hall–Kier alpha value is -2.21. The Balaban J connectivity index is 1.32. The first-order valence-corrected chi connectivity index (χ1v) is 11.2. The van der Waals surface area contributed by atoms with Gasteiger partial charge in [-0.25, -0.2) is 0 Å². The standard InChI is InChI=1S/C23H31N5O/c1-17-5-4-6-19(15-17)23(9-2-3-10-23)22(29)27-12-7-18(8-13-27)21-26-25-20-16-24-11-14-28(20)21/h4-6,15,18,24H,2-3,7-14,16H2,1H3. The molecule has 0 unspecified atom stereocenters. The minimum Gasteiger partial charge on any atom is -0.342 e. The van der Waals surface area contributed by atoms with E-state index in [4.69, 9.17) is 0 Å². The quantitative estimate of drug-likeness (QED) is 0.871. The smallest absolute Gasteiger partial charge is 0.233 e. The van der Waals surface area contributed by atoms with Gasteiger partial charge in [-0.3, -0.25) is 4.79 Å². The molecule has 1 aromatic carbocycles. The first kappa shape index (κ1) is 18.8. The molecule has 3 aliphatic rings. The zero-order valence-electron chi connectivity index (χ0n) is 17.4. The van der Waals surface area contributed by atoms with Crippen molar-refractivity contribution in [1.29, 1.82) is 0 Å². The Morgan fingerprint density at radius 3 is 2.69 bits per heavy atom. The fraction of sp³-hybridized carbons (Fsp3) is 0.609. The van der Waals surface area contributed by atoms with Crippen LogP contribution in [0.1, 0.15) is 67.2 Å². The minimum absolute atomic E-state index is 0.307. The van der Waals surface area contributed by atoms with Crippen molar-refractivity contribution in [1.82, 2.24) is 25.0 Å². The average Bonchev–Trinajstić information content (AvgIpc) is 3.42. The number of likely N-dealkylation sites (tertiary alicyclic amines) is 1. The predicted octanol–water partition coefficient (Wildman–Crippen LogP) is 2.91. The fourth-order valence-electron chi connectivity index (χ4n) is 5.61. The molecule has 1 saturated heterocycles. The van der Waals surface area contributed by atoms with E-state index in [1.54, 1.807) is 0 Å². The van der Waals surface area contributed by atoms with Gasteiger partial charge in [0.15, 0.2) is 0 Å². The van der Waals surface area contributed by atoms with Gasteiger partial charge in [-0.2, -0.15) is 0 Å². The minimum atomic E-state index is -0.307. The van der Waals surface area contributed by atoms with Crippen LogP contribution < -0.4 is 5.32 Å². The molecule has 6 heteroatoms. The number of aryl methyl sites for hydroxylation is 1. The molecule has 1 aromatic heterocycles. The van der Waals surface area contributed by atoms with E-state index in [9.17, 15) is 4.79 Å². The van der Waals surface area contributed by atoms with Crippen LogP contribution in [0.25, 0.3) is 0 Å². The maximum absolute atomic E-state index is 13.7. The molecular formula is C23H31N5O. The highest BCUT2D eigenvalue weighted by molar-refractivity contribution is 5.88. The Morgan fingerprint density at radius 1 is 1.14 bits per heavy atom. The molecule has 1 aliphatic carbocycles. The second-order valence-corrected chi connectivity index (χ2v) is 9.03. The van der Waals surface area contributed by atoms with E-state index >= 15 is 0 Å². The third-order valence-electron chi connectivity index (χ3n) is 7.24. The molecule has 0 radical (unpaired) electrons. The van der Waals surface area contributed by atoms with Gasteiger partial charge in [0.05, 0.1) is 12.0 Å². The van der Waals surface area contributed by atoms with Crippen molar-refractivity contribution in [3.63, 3.8) is 0 Å². The summed E-state index contributed by atoms with van der Waals surface area (Å²) in [5, 5.41) is 12.2. The van der Waals surface area contributed by atoms with Crippen molar-refractivity contribution in [2.24, 2.45) is 0 Å². The van der Waals surface area contributed by atoms with Crippen LogP contribution in [-0.4, -0.2) is 45.2 Å². The van der Waals surface area contributed by atoms with Gasteiger partial charge in [-0.15, -0.1) is 10.2 Å². The number of rotatable bonds is 3. The van der Waals surface area contributed by atoms with Gasteiger partial charge >= 0.3 is 0 Å². The lowest BCUT2D eigenvalue weighted by Crippen LogP contribution is -2.48. The Morgan fingerprint density at radius 2 is 1.93 bits per heavy atom. The molecule has 3 heterocycles. The summed E-state index contributed by atoms with van der Waals surface area (Å²) in [4.78, 5) is 15.9. The van der Waals surface area contributed by atoms with Gasteiger partial charge in [0, 0.05) is 32.1 Å². The molecule has 1 saturated carbocycles. The van der Waals surface area contributed by atoms with Crippen LogP contribution in [0.4, 0.5) is 0 Å². The number of carbonyl (C=O) groups excluding carboxylic acids is 1. The molecule has 29 heavy (non-hydrogen) atoms. The number of piperidine rings is 1. The van der Waals surface area contributed by atoms with E-state index < -0.39 is 0 Å². The van der Waals surface area contributed by atoms with Crippen LogP contribution in [-0.2, 0) is 23.3 Å². The number of hydrogen-bond donors (Lipinski definition) is 1. The van der Waals surface area contributed by atoms with Crippen LogP contribution in [0.15, 0.2) is 24.3 Å². The van der Waals surface area contributed by atoms with E-state index in [1.807, 2.05) is 0 Å². The van der Waals surface area contributed by atoms with E-state index in [-0.39, 0.29) is 5.41 Å². The normalized spacial score (nSPS) is 21.9. The molecule has 1 amide bonds. The number of amides is 1. The van der Waals surface area contributed by atoms with E-state index in [0.29, 0.717) is 11.8 Å². The summed E-state index contributed by atoms with van der Waals surface area (Å²) < 4.78 is 2.30. The summed E-state index contributed by atoms with van der Waals surface area (Å²) in [6.07, 6.45) is 6.24. The monoisotopic (exact) mass is 393 g/mol. The van der Waals surface area contributed by atoms with Crippen molar-refractivity contribution < 1.29 is 4.79 Å². The Bertz CT molecular complexity index is 890. The molecular weight excluding hydrogens is 362 g/mol. The van der Waals surface area contributed by atoms with Crippen molar-refractivity contribution in [3.8, 4) is 0 Å². The van der Waals surface area contributed by atoms with Gasteiger partial charge in [-0.1, -0.05) is 42.7 Å². The summed E-state index contributed by atoms with van der Waals surface area (Å²) in [5.41, 5.74) is 2.16. The molecule has 2 aliphatic heterocycles. The molecule has 154 valence electrons. The van der Waals surface area contributed by atoms with Gasteiger partial charge < -0.3 is 14.8 Å². The first-order chi connectivity index (χ1) is 14.2. The number of nitrogens with zero attached hydrogens (tertiary/aromatic N) is 4. The highest BCUT2D eigenvalue weighted by Gasteiger charge is 2.45. The second kappa shape index (κ2) is 7.56. The van der Waals surface area contributed by atoms with Crippen molar-refractivity contribution in [3.05, 3.63) is 47.0 Å². The van der Waals surface area contributed by atoms with Crippen LogP contribution in [0.2, 0.25) is 0 Å². The van der Waals surface area contributed by atoms with Crippen LogP contribution in [0, 0.1) is 6.92 Å². The largest absolute Gasteiger partial charge is 0.342 e. The first-order valence-electron chi connectivity index (χ1n) is 11.2. The van der Waals surface area contributed by atoms with Gasteiger partial charge in [0.25, 0.3) is 0 Å². The molecule has 0 spiro atoms. The number of nitrogens with one attached hydrogen (secondary N) is 1. The van der Waals surface area contributed by atoms with E-state index in [2.05, 4.69) is 56.2 Å². The average molecular weight is 394 g/mol. The van der Waals surface area contributed by atoms with Crippen molar-refractivity contribution >= 4 is 5.91 Å². The highest BCUT2D eigenvalue weighted by atomic mass is 16.2. The summed E-state index contributed by atoms with van der Waals surface area (Å²) in [6.45, 7) is 6.52. The van der Waals surface area contributed by atoms with Crippen molar-refractivity contribution in [2.45, 2.75) is 69.9 Å². The zero-order chi connectivity index (χ0) is 19.8. The number of fused-ring (bicyclic) bond motifs is 1. The lowest BCUT2D eigenvalue weighted by molar-refractivity contribution is -0.138. The fourth-order valence-corrected chi connectivity index (χ4v) is 5.61. The summed E-state index contributed by atoms with van der Waals surface area (Å²) >= 11 is 0. The highest BCUT2D eigenvalue weighted by Crippen LogP contribution is 2.43. The van der Waals surface area contributed by atoms with Gasteiger partial charge in [0.1, 0.15) is 11.6 Å². The van der Waals surface area contributed by atoms with Crippen molar-refractivity contribution in [2.75, 3.05) is 19.6 Å². The van der Waals surface area contributed by atoms with Crippen LogP contribution in [0.5, 0.6) is 0 Å². The van der Waals surface area contributed by atoms with E-state index in [1.165, 1.54) is 11.1 Å². The lowest BCUT2D eigenvalue weighted by Gasteiger charge is -2.39. The number of carbonyl (C=O) groups is 1. The van der Waals surface area contributed by atoms with Gasteiger partial charge in [-0.05, 0) is 38.2 Å². The predicted molar refractivity (Wildman–Crippen MR) is 112 cm³/mol. The Kier molecular flexibility index (Phi) is 4.90. The van der Waals surface area contributed by atoms with E-state index in [0.717, 1.165) is 82.9 Å². The molecule has 5 rings (SSSR count). The second-order valence-electron chi connectivity index (χ2n) is 9.03. The molecule has 2 aromatic rings. The summed E-state index contributed by atoms with van der Waals surface area (Å²) in [5.74, 6) is 2.94. The lowest BCUT2D eigenvalue weighted by atomic mass is 9.76. The maximum atomic E-state index is 13.7. The van der Waals surface area contributed by atoms with Gasteiger partial charge in [0.2, 0.25) is 5.91 Å². The molecule has 2 fully saturated rings. The number of aromatic nitrogens is 3. The summed E-state index contributed by atoms with van der Waals surface area (Å²) in [7, 11) is 0. The molecule has 0 bridgehead atoms. The number of benzene rings is 1. The Labute approximate surface area is 172 Å². The molecule has 0 atom stereocenters. The molecule has 6 nitrogen and oxygen atoms in total. The SMILES string of the molecule is Cc1cccc(C2(C(=O)N3CCC(c4nnc5n4CCNC5)CC3)CCCC2)c1. The topological polar surface area (TPSA) is 63.1 Å². The molecule has 1 N–H and O–H groups in total. The summed E-state index contributed by atoms with van der Waals surface area (Å²) in [6, 6.07) is 8.62. The number of hydrogen-bond acceptors (Lipinski definition) is 4. The third-order valence-corrected chi connectivity index (χ3v) is 7.24. The third kappa shape index (κ3) is 3.27. The zero-order valence-corrected chi connectivity index (χ0v) is 17.4. The van der Waals surface area contributed by atoms with Crippen LogP contribution >= 0.6 is 0 Å². The maximum Gasteiger partial charge on any atom is 0.233 e.